The maximum absolute atomic E-state index is 12.7. The van der Waals surface area contributed by atoms with Crippen molar-refractivity contribution in [3.05, 3.63) is 53.9 Å². The Kier molecular flexibility index (Phi) is 7.76. The van der Waals surface area contributed by atoms with E-state index in [0.29, 0.717) is 38.1 Å². The van der Waals surface area contributed by atoms with Gasteiger partial charge in [-0.05, 0) is 49.7 Å². The van der Waals surface area contributed by atoms with Crippen LogP contribution < -0.4 is 4.74 Å². The van der Waals surface area contributed by atoms with Crippen molar-refractivity contribution in [1.82, 2.24) is 18.8 Å². The number of benzene rings is 2. The molecule has 3 aromatic rings. The van der Waals surface area contributed by atoms with Crippen LogP contribution in [0.1, 0.15) is 31.7 Å². The molecular weight excluding hydrogens is 440 g/mol. The summed E-state index contributed by atoms with van der Waals surface area (Å²) in [5.41, 5.74) is 2.51. The Labute approximate surface area is 195 Å². The summed E-state index contributed by atoms with van der Waals surface area (Å²) in [5.74, 6) is 1.61. The van der Waals surface area contributed by atoms with Gasteiger partial charge in [0.05, 0.1) is 22.5 Å². The number of aryl methyl sites for hydroxylation is 2. The summed E-state index contributed by atoms with van der Waals surface area (Å²) in [6.45, 7) is 5.77. The molecule has 2 aromatic carbocycles. The van der Waals surface area contributed by atoms with Gasteiger partial charge in [0.2, 0.25) is 15.9 Å². The minimum absolute atomic E-state index is 0.0227. The highest BCUT2D eigenvalue weighted by molar-refractivity contribution is 7.89. The van der Waals surface area contributed by atoms with E-state index < -0.39 is 10.0 Å². The molecule has 0 saturated carbocycles. The summed E-state index contributed by atoms with van der Waals surface area (Å²) >= 11 is 0. The van der Waals surface area contributed by atoms with E-state index in [4.69, 9.17) is 4.74 Å². The van der Waals surface area contributed by atoms with E-state index in [2.05, 4.69) is 4.98 Å². The Morgan fingerprint density at radius 2 is 1.76 bits per heavy atom. The first-order valence-electron chi connectivity index (χ1n) is 11.0. The number of amides is 1. The van der Waals surface area contributed by atoms with Crippen LogP contribution in [0.15, 0.2) is 47.4 Å². The first-order valence-corrected chi connectivity index (χ1v) is 12.5. The first-order chi connectivity index (χ1) is 15.7. The van der Waals surface area contributed by atoms with Crippen LogP contribution >= 0.6 is 0 Å². The molecule has 1 amide bonds. The van der Waals surface area contributed by atoms with Crippen LogP contribution in [0.4, 0.5) is 0 Å². The minimum Gasteiger partial charge on any atom is -0.494 e. The van der Waals surface area contributed by atoms with Gasteiger partial charge in [-0.1, -0.05) is 12.1 Å². The topological polar surface area (TPSA) is 84.7 Å². The molecular formula is C24H32N4O4S. The number of fused-ring (bicyclic) bond motifs is 1. The largest absolute Gasteiger partial charge is 0.494 e. The molecule has 1 heterocycles. The van der Waals surface area contributed by atoms with Gasteiger partial charge in [0.1, 0.15) is 11.6 Å². The minimum atomic E-state index is -3.54. The number of ether oxygens (including phenoxy) is 1. The highest BCUT2D eigenvalue weighted by atomic mass is 32.2. The van der Waals surface area contributed by atoms with Crippen LogP contribution in [0.5, 0.6) is 5.75 Å². The van der Waals surface area contributed by atoms with Crippen molar-refractivity contribution >= 4 is 27.0 Å². The fraction of sp³-hybridized carbons (Fsp3) is 0.417. The zero-order valence-corrected chi connectivity index (χ0v) is 20.7. The number of sulfonamides is 1. The molecule has 0 aliphatic carbocycles. The highest BCUT2D eigenvalue weighted by Gasteiger charge is 2.20. The van der Waals surface area contributed by atoms with Gasteiger partial charge in [-0.3, -0.25) is 4.79 Å². The van der Waals surface area contributed by atoms with Gasteiger partial charge in [0.15, 0.2) is 0 Å². The predicted octanol–water partition coefficient (Wildman–Crippen LogP) is 3.30. The van der Waals surface area contributed by atoms with E-state index in [-0.39, 0.29) is 10.8 Å². The van der Waals surface area contributed by atoms with Crippen LogP contribution in [-0.2, 0) is 34.3 Å². The van der Waals surface area contributed by atoms with E-state index in [0.717, 1.165) is 22.7 Å². The van der Waals surface area contributed by atoms with Crippen LogP contribution in [0.25, 0.3) is 11.0 Å². The first kappa shape index (κ1) is 24.7. The van der Waals surface area contributed by atoms with Crippen molar-refractivity contribution in [3.63, 3.8) is 0 Å². The van der Waals surface area contributed by atoms with Gasteiger partial charge < -0.3 is 14.2 Å². The van der Waals surface area contributed by atoms with Crippen LogP contribution in [0.3, 0.4) is 0 Å². The van der Waals surface area contributed by atoms with Crippen molar-refractivity contribution in [3.8, 4) is 5.75 Å². The van der Waals surface area contributed by atoms with Crippen molar-refractivity contribution < 1.29 is 17.9 Å². The summed E-state index contributed by atoms with van der Waals surface area (Å²) < 4.78 is 33.6. The van der Waals surface area contributed by atoms with E-state index in [1.807, 2.05) is 42.7 Å². The molecule has 0 unspecified atom stereocenters. The lowest BCUT2D eigenvalue weighted by Crippen LogP contribution is -2.26. The molecule has 0 saturated heterocycles. The fourth-order valence-corrected chi connectivity index (χ4v) is 4.63. The number of carbonyl (C=O) groups excluding carboxylic acids is 1. The standard InChI is InChI=1S/C24H32N4O4S/c1-6-28-22-13-12-20(33(30,31)26(3)4)16-21(22)25-23(28)14-15-24(29)27(5)17-18-8-10-19(11-9-18)32-7-2/h8-13,16H,6-7,14-15,17H2,1-5H3. The molecule has 0 aliphatic rings. The molecule has 0 spiro atoms. The summed E-state index contributed by atoms with van der Waals surface area (Å²) in [5, 5.41) is 0. The Bertz CT molecular complexity index is 1220. The van der Waals surface area contributed by atoms with Crippen LogP contribution in [-0.4, -0.2) is 60.8 Å². The summed E-state index contributed by atoms with van der Waals surface area (Å²) in [7, 11) is 1.27. The number of nitrogens with zero attached hydrogens (tertiary/aromatic N) is 4. The van der Waals surface area contributed by atoms with Gasteiger partial charge in [0, 0.05) is 47.1 Å². The molecule has 3 rings (SSSR count). The molecule has 33 heavy (non-hydrogen) atoms. The van der Waals surface area contributed by atoms with Gasteiger partial charge in [-0.2, -0.15) is 0 Å². The summed E-state index contributed by atoms with van der Waals surface area (Å²) in [6, 6.07) is 12.7. The third kappa shape index (κ3) is 5.54. The van der Waals surface area contributed by atoms with Crippen molar-refractivity contribution in [2.45, 2.75) is 44.7 Å². The Morgan fingerprint density at radius 3 is 2.36 bits per heavy atom. The average molecular weight is 473 g/mol. The summed E-state index contributed by atoms with van der Waals surface area (Å²) in [6.07, 6.45) is 0.796. The molecule has 0 fully saturated rings. The molecule has 0 atom stereocenters. The third-order valence-corrected chi connectivity index (χ3v) is 7.35. The third-order valence-electron chi connectivity index (χ3n) is 5.54. The lowest BCUT2D eigenvalue weighted by atomic mass is 10.2. The Morgan fingerprint density at radius 1 is 1.06 bits per heavy atom. The second kappa shape index (κ2) is 10.4. The zero-order valence-electron chi connectivity index (χ0n) is 19.9. The quantitative estimate of drug-likeness (QED) is 0.452. The molecule has 8 nitrogen and oxygen atoms in total. The van der Waals surface area contributed by atoms with E-state index in [1.165, 1.54) is 18.4 Å². The molecule has 178 valence electrons. The van der Waals surface area contributed by atoms with Gasteiger partial charge in [-0.25, -0.2) is 17.7 Å². The number of rotatable bonds is 10. The molecule has 9 heteroatoms. The normalized spacial score (nSPS) is 11.8. The molecule has 0 bridgehead atoms. The number of aromatic nitrogens is 2. The number of hydrogen-bond acceptors (Lipinski definition) is 5. The zero-order chi connectivity index (χ0) is 24.2. The number of hydrogen-bond donors (Lipinski definition) is 0. The van der Waals surface area contributed by atoms with Crippen LogP contribution in [0.2, 0.25) is 0 Å². The second-order valence-electron chi connectivity index (χ2n) is 8.04. The fourth-order valence-electron chi connectivity index (χ4n) is 3.70. The molecule has 1 aromatic heterocycles. The highest BCUT2D eigenvalue weighted by Crippen LogP contribution is 2.23. The maximum atomic E-state index is 12.7. The average Bonchev–Trinajstić information content (AvgIpc) is 3.15. The van der Waals surface area contributed by atoms with E-state index in [1.54, 1.807) is 30.1 Å². The summed E-state index contributed by atoms with van der Waals surface area (Å²) in [4.78, 5) is 19.3. The number of imidazole rings is 1. The lowest BCUT2D eigenvalue weighted by molar-refractivity contribution is -0.130. The van der Waals surface area contributed by atoms with Gasteiger partial charge in [0.25, 0.3) is 0 Å². The predicted molar refractivity (Wildman–Crippen MR) is 129 cm³/mol. The van der Waals surface area contributed by atoms with Crippen molar-refractivity contribution in [2.24, 2.45) is 0 Å². The van der Waals surface area contributed by atoms with Crippen molar-refractivity contribution in [1.29, 1.82) is 0 Å². The monoisotopic (exact) mass is 472 g/mol. The van der Waals surface area contributed by atoms with Crippen molar-refractivity contribution in [2.75, 3.05) is 27.7 Å². The SMILES string of the molecule is CCOc1ccc(CN(C)C(=O)CCc2nc3cc(S(=O)(=O)N(C)C)ccc3n2CC)cc1. The molecule has 0 N–H and O–H groups in total. The molecule has 0 radical (unpaired) electrons. The van der Waals surface area contributed by atoms with E-state index in [9.17, 15) is 13.2 Å². The lowest BCUT2D eigenvalue weighted by Gasteiger charge is -2.17. The molecule has 0 aliphatic heterocycles. The maximum Gasteiger partial charge on any atom is 0.242 e. The van der Waals surface area contributed by atoms with Crippen LogP contribution in [0, 0.1) is 0 Å². The van der Waals surface area contributed by atoms with E-state index >= 15 is 0 Å². The van der Waals surface area contributed by atoms with Gasteiger partial charge in [-0.15, -0.1) is 0 Å². The second-order valence-corrected chi connectivity index (χ2v) is 10.2. The smallest absolute Gasteiger partial charge is 0.242 e. The Hall–Kier alpha value is -2.91. The van der Waals surface area contributed by atoms with Gasteiger partial charge >= 0.3 is 0 Å². The Balaban J connectivity index is 1.71. The number of carbonyl (C=O) groups is 1.